The monoisotopic (exact) mass is 608 g/mol. The second-order valence-corrected chi connectivity index (χ2v) is 10.3. The molecule has 2 saturated heterocycles. The molecule has 9 N–H and O–H groups in total. The van der Waals surface area contributed by atoms with E-state index >= 15 is 0 Å². The highest BCUT2D eigenvalue weighted by molar-refractivity contribution is 5.88. The van der Waals surface area contributed by atoms with E-state index in [-0.39, 0.29) is 33.8 Å². The lowest BCUT2D eigenvalue weighted by atomic mass is 9.89. The lowest BCUT2D eigenvalue weighted by Crippen LogP contribution is -2.62. The number of rotatable bonds is 7. The lowest BCUT2D eigenvalue weighted by Gasteiger charge is -2.46. The van der Waals surface area contributed by atoms with Crippen LogP contribution in [-0.4, -0.2) is 121 Å². The Morgan fingerprint density at radius 1 is 0.814 bits per heavy atom. The summed E-state index contributed by atoms with van der Waals surface area (Å²) in [7, 11) is 1.23. The molecule has 0 saturated carbocycles. The summed E-state index contributed by atoms with van der Waals surface area (Å²) < 4.78 is 28.3. The number of benzene rings is 2. The minimum absolute atomic E-state index is 0.00250. The largest absolute Gasteiger partial charge is 0.508 e. The number of hydrogen-bond acceptors (Lipinski definition) is 15. The number of fused-ring (bicyclic) bond motifs is 1. The summed E-state index contributed by atoms with van der Waals surface area (Å²) in [5.41, 5.74) is -0.591. The number of hydrogen-bond donors (Lipinski definition) is 9. The van der Waals surface area contributed by atoms with Crippen LogP contribution in [0, 0.1) is 0 Å². The van der Waals surface area contributed by atoms with Crippen molar-refractivity contribution in [3.8, 4) is 28.6 Å². The summed E-state index contributed by atoms with van der Waals surface area (Å²) in [5.74, 6) is -0.711. The van der Waals surface area contributed by atoms with Crippen LogP contribution in [0.5, 0.6) is 17.2 Å². The van der Waals surface area contributed by atoms with Gasteiger partial charge >= 0.3 is 0 Å². The van der Waals surface area contributed by atoms with Crippen LogP contribution in [0.4, 0.5) is 0 Å². The third kappa shape index (κ3) is 5.56. The first-order chi connectivity index (χ1) is 20.5. The maximum Gasteiger partial charge on any atom is 0.197 e. The van der Waals surface area contributed by atoms with Crippen LogP contribution in [0.3, 0.4) is 0 Å². The van der Waals surface area contributed by atoms with Crippen molar-refractivity contribution < 1.29 is 69.3 Å². The molecule has 15 nitrogen and oxygen atoms in total. The van der Waals surface area contributed by atoms with E-state index in [0.29, 0.717) is 5.56 Å². The number of aliphatic hydroxyl groups excluding tert-OH is 7. The minimum Gasteiger partial charge on any atom is -0.508 e. The SMILES string of the molecule is COc1cc2oc(-c3ccc(O)cc3)cc(=O)c2c(O)c1[C@H]1O[C@@H](CO)[C@H](O)[C@H](O)[C@@H]1O[C@@H]1O[C@@H](CO)[C@H](O)[C@H](O)[C@@H]1O. The summed E-state index contributed by atoms with van der Waals surface area (Å²) in [6, 6.07) is 8.22. The van der Waals surface area contributed by atoms with Gasteiger partial charge < -0.3 is 69.3 Å². The molecule has 2 aliphatic rings. The van der Waals surface area contributed by atoms with Crippen LogP contribution < -0.4 is 10.2 Å². The van der Waals surface area contributed by atoms with E-state index < -0.39 is 85.6 Å². The summed E-state index contributed by atoms with van der Waals surface area (Å²) in [6.07, 6.45) is -16.9. The van der Waals surface area contributed by atoms with Crippen molar-refractivity contribution in [1.82, 2.24) is 0 Å². The molecule has 3 aromatic rings. The van der Waals surface area contributed by atoms with Crippen molar-refractivity contribution in [1.29, 1.82) is 0 Å². The quantitative estimate of drug-likeness (QED) is 0.144. The Hall–Kier alpha value is -3.35. The van der Waals surface area contributed by atoms with Crippen LogP contribution >= 0.6 is 0 Å². The average molecular weight is 609 g/mol. The maximum atomic E-state index is 13.3. The first-order valence-electron chi connectivity index (χ1n) is 13.3. The van der Waals surface area contributed by atoms with Gasteiger partial charge in [-0.15, -0.1) is 0 Å². The molecule has 5 rings (SSSR count). The molecule has 2 aromatic carbocycles. The maximum absolute atomic E-state index is 13.3. The second kappa shape index (κ2) is 12.3. The highest BCUT2D eigenvalue weighted by Crippen LogP contribution is 2.46. The minimum atomic E-state index is -1.89. The van der Waals surface area contributed by atoms with E-state index in [2.05, 4.69) is 0 Å². The number of phenols is 2. The molecular formula is C28H32O15. The molecule has 0 unspecified atom stereocenters. The lowest BCUT2D eigenvalue weighted by molar-refractivity contribution is -0.342. The highest BCUT2D eigenvalue weighted by Gasteiger charge is 2.52. The molecule has 43 heavy (non-hydrogen) atoms. The third-order valence-corrected chi connectivity index (χ3v) is 7.66. The number of aromatic hydroxyl groups is 2. The molecule has 0 radical (unpaired) electrons. The molecule has 0 amide bonds. The zero-order chi connectivity index (χ0) is 31.2. The predicted molar refractivity (Wildman–Crippen MR) is 143 cm³/mol. The van der Waals surface area contributed by atoms with Crippen molar-refractivity contribution >= 4 is 11.0 Å². The van der Waals surface area contributed by atoms with Gasteiger partial charge in [-0.3, -0.25) is 4.79 Å². The van der Waals surface area contributed by atoms with E-state index in [0.717, 1.165) is 6.07 Å². The Balaban J connectivity index is 1.61. The van der Waals surface area contributed by atoms with Crippen LogP contribution in [-0.2, 0) is 14.2 Å². The van der Waals surface area contributed by atoms with Gasteiger partial charge in [0.1, 0.15) is 88.9 Å². The van der Waals surface area contributed by atoms with Gasteiger partial charge in [0, 0.05) is 17.7 Å². The Morgan fingerprint density at radius 3 is 2.07 bits per heavy atom. The van der Waals surface area contributed by atoms with E-state index in [1.807, 2.05) is 0 Å². The Kier molecular flexibility index (Phi) is 8.92. The van der Waals surface area contributed by atoms with Crippen LogP contribution in [0.15, 0.2) is 45.6 Å². The van der Waals surface area contributed by atoms with Crippen molar-refractivity contribution in [2.75, 3.05) is 20.3 Å². The molecule has 1 aromatic heterocycles. The van der Waals surface area contributed by atoms with E-state index in [1.54, 1.807) is 0 Å². The van der Waals surface area contributed by atoms with Gasteiger partial charge in [0.05, 0.1) is 25.9 Å². The molecule has 2 aliphatic heterocycles. The fraction of sp³-hybridized carbons (Fsp3) is 0.464. The van der Waals surface area contributed by atoms with Gasteiger partial charge in [-0.2, -0.15) is 0 Å². The summed E-state index contributed by atoms with van der Waals surface area (Å²) in [4.78, 5) is 13.3. The molecule has 0 bridgehead atoms. The zero-order valence-electron chi connectivity index (χ0n) is 22.6. The summed E-state index contributed by atoms with van der Waals surface area (Å²) in [5, 5.41) is 92.6. The average Bonchev–Trinajstić information content (AvgIpc) is 2.99. The van der Waals surface area contributed by atoms with Crippen LogP contribution in [0.1, 0.15) is 11.7 Å². The molecule has 0 aliphatic carbocycles. The van der Waals surface area contributed by atoms with Crippen molar-refractivity contribution in [3.05, 3.63) is 52.2 Å². The normalized spacial score (nSPS) is 33.0. The topological polar surface area (TPSA) is 249 Å². The molecule has 2 fully saturated rings. The fourth-order valence-electron chi connectivity index (χ4n) is 5.32. The van der Waals surface area contributed by atoms with E-state index in [1.165, 1.54) is 37.4 Å². The first kappa shape index (κ1) is 31.1. The smallest absolute Gasteiger partial charge is 0.197 e. The molecule has 0 spiro atoms. The zero-order valence-corrected chi connectivity index (χ0v) is 22.6. The van der Waals surface area contributed by atoms with Crippen molar-refractivity contribution in [3.63, 3.8) is 0 Å². The number of ether oxygens (including phenoxy) is 4. The summed E-state index contributed by atoms with van der Waals surface area (Å²) >= 11 is 0. The second-order valence-electron chi connectivity index (χ2n) is 10.3. The molecule has 234 valence electrons. The first-order valence-corrected chi connectivity index (χ1v) is 13.3. The van der Waals surface area contributed by atoms with Gasteiger partial charge in [-0.25, -0.2) is 0 Å². The number of phenolic OH excluding ortho intramolecular Hbond substituents is 2. The third-order valence-electron chi connectivity index (χ3n) is 7.66. The summed E-state index contributed by atoms with van der Waals surface area (Å²) in [6.45, 7) is -1.55. The van der Waals surface area contributed by atoms with Crippen LogP contribution in [0.25, 0.3) is 22.3 Å². The molecule has 3 heterocycles. The van der Waals surface area contributed by atoms with Gasteiger partial charge in [0.2, 0.25) is 0 Å². The van der Waals surface area contributed by atoms with Crippen LogP contribution in [0.2, 0.25) is 0 Å². The highest BCUT2D eigenvalue weighted by atomic mass is 16.7. The van der Waals surface area contributed by atoms with Crippen molar-refractivity contribution in [2.24, 2.45) is 0 Å². The Morgan fingerprint density at radius 2 is 1.44 bits per heavy atom. The number of methoxy groups -OCH3 is 1. The fourth-order valence-corrected chi connectivity index (χ4v) is 5.32. The van der Waals surface area contributed by atoms with Gasteiger partial charge in [-0.1, -0.05) is 0 Å². The predicted octanol–water partition coefficient (Wildman–Crippen LogP) is -1.78. The molecular weight excluding hydrogens is 576 g/mol. The Bertz CT molecular complexity index is 1490. The van der Waals surface area contributed by atoms with E-state index in [9.17, 15) is 50.8 Å². The standard InChI is InChI=1S/C28H32O15/c1-39-14-7-15-18(12(32)6-13(40-15)10-2-4-11(31)5-3-10)22(35)19(14)26-27(24(37)21(34)16(8-29)41-26)43-28-25(38)23(36)20(33)17(9-30)42-28/h2-7,16-17,20-21,23-31,33-38H,8-9H2,1H3/t16-,17-,20-,21-,23-,24-,25-,26+,27-,28-/m0/s1. The van der Waals surface area contributed by atoms with Gasteiger partial charge in [-0.05, 0) is 24.3 Å². The molecule has 15 heteroatoms. The van der Waals surface area contributed by atoms with Crippen molar-refractivity contribution in [2.45, 2.75) is 61.2 Å². The van der Waals surface area contributed by atoms with Gasteiger partial charge in [0.15, 0.2) is 11.7 Å². The number of aliphatic hydroxyl groups is 7. The van der Waals surface area contributed by atoms with Gasteiger partial charge in [0.25, 0.3) is 0 Å². The van der Waals surface area contributed by atoms with E-state index in [4.69, 9.17) is 23.4 Å². The Labute approximate surface area is 242 Å². The molecule has 10 atom stereocenters.